The third kappa shape index (κ3) is 1.68. The van der Waals surface area contributed by atoms with E-state index in [2.05, 4.69) is 44.3 Å². The summed E-state index contributed by atoms with van der Waals surface area (Å²) in [6.45, 7) is 12.0. The molecule has 2 aliphatic rings. The van der Waals surface area contributed by atoms with Crippen molar-refractivity contribution in [1.29, 1.82) is 0 Å². The number of thiophene rings is 1. The first-order valence-corrected chi connectivity index (χ1v) is 7.69. The molecule has 1 N–H and O–H groups in total. The molecule has 17 heavy (non-hydrogen) atoms. The van der Waals surface area contributed by atoms with Crippen LogP contribution in [-0.4, -0.2) is 13.1 Å². The minimum absolute atomic E-state index is 0.400. The van der Waals surface area contributed by atoms with Crippen LogP contribution in [0, 0.1) is 0 Å². The van der Waals surface area contributed by atoms with E-state index in [1.807, 2.05) is 0 Å². The molecule has 0 spiro atoms. The molecule has 0 radical (unpaired) electrons. The SMILES string of the molecule is CC1CC(C)(C)c2c1sc1c2C(C)CNCC1. The van der Waals surface area contributed by atoms with E-state index in [0.29, 0.717) is 11.3 Å². The zero-order valence-corrected chi connectivity index (χ0v) is 12.2. The molecule has 1 aliphatic carbocycles. The van der Waals surface area contributed by atoms with E-state index in [1.54, 1.807) is 20.9 Å². The zero-order chi connectivity index (χ0) is 12.2. The summed E-state index contributed by atoms with van der Waals surface area (Å²) in [7, 11) is 0. The Morgan fingerprint density at radius 3 is 2.76 bits per heavy atom. The Bertz CT molecular complexity index is 444. The summed E-state index contributed by atoms with van der Waals surface area (Å²) in [6.07, 6.45) is 2.57. The molecule has 1 nitrogen and oxygen atoms in total. The predicted molar refractivity (Wildman–Crippen MR) is 75.4 cm³/mol. The lowest BCUT2D eigenvalue weighted by molar-refractivity contribution is 0.483. The van der Waals surface area contributed by atoms with Crippen LogP contribution in [0.3, 0.4) is 0 Å². The van der Waals surface area contributed by atoms with Gasteiger partial charge in [-0.05, 0) is 47.8 Å². The minimum Gasteiger partial charge on any atom is -0.316 e. The van der Waals surface area contributed by atoms with Crippen molar-refractivity contribution >= 4 is 11.3 Å². The second-order valence-electron chi connectivity index (χ2n) is 6.52. The molecule has 2 heterocycles. The molecule has 0 bridgehead atoms. The summed E-state index contributed by atoms with van der Waals surface area (Å²) in [6, 6.07) is 0. The molecule has 0 saturated heterocycles. The molecule has 3 rings (SSSR count). The van der Waals surface area contributed by atoms with Gasteiger partial charge in [-0.2, -0.15) is 0 Å². The zero-order valence-electron chi connectivity index (χ0n) is 11.4. The Kier molecular flexibility index (Phi) is 2.64. The van der Waals surface area contributed by atoms with Crippen molar-refractivity contribution in [2.24, 2.45) is 0 Å². The molecular formula is C15H23NS. The molecule has 94 valence electrons. The van der Waals surface area contributed by atoms with Gasteiger partial charge in [0.1, 0.15) is 0 Å². The highest BCUT2D eigenvalue weighted by molar-refractivity contribution is 7.12. The first-order chi connectivity index (χ1) is 8.00. The highest BCUT2D eigenvalue weighted by atomic mass is 32.1. The van der Waals surface area contributed by atoms with Gasteiger partial charge in [0.2, 0.25) is 0 Å². The Morgan fingerprint density at radius 1 is 1.24 bits per heavy atom. The van der Waals surface area contributed by atoms with Gasteiger partial charge in [-0.1, -0.05) is 27.7 Å². The number of fused-ring (bicyclic) bond motifs is 3. The predicted octanol–water partition coefficient (Wildman–Crippen LogP) is 3.78. The fourth-order valence-corrected chi connectivity index (χ4v) is 5.50. The molecule has 1 aromatic heterocycles. The second kappa shape index (κ2) is 3.83. The van der Waals surface area contributed by atoms with E-state index in [0.717, 1.165) is 19.0 Å². The van der Waals surface area contributed by atoms with Gasteiger partial charge in [0.15, 0.2) is 0 Å². The van der Waals surface area contributed by atoms with Gasteiger partial charge in [-0.15, -0.1) is 11.3 Å². The van der Waals surface area contributed by atoms with Gasteiger partial charge >= 0.3 is 0 Å². The summed E-state index contributed by atoms with van der Waals surface area (Å²) in [5.41, 5.74) is 3.84. The fraction of sp³-hybridized carbons (Fsp3) is 0.733. The molecule has 0 aromatic carbocycles. The van der Waals surface area contributed by atoms with Gasteiger partial charge in [-0.25, -0.2) is 0 Å². The van der Waals surface area contributed by atoms with Crippen LogP contribution in [0.4, 0.5) is 0 Å². The largest absolute Gasteiger partial charge is 0.316 e. The number of hydrogen-bond donors (Lipinski definition) is 1. The molecule has 0 saturated carbocycles. The number of rotatable bonds is 0. The summed E-state index contributed by atoms with van der Waals surface area (Å²) < 4.78 is 0. The van der Waals surface area contributed by atoms with Crippen LogP contribution < -0.4 is 5.32 Å². The van der Waals surface area contributed by atoms with Gasteiger partial charge in [-0.3, -0.25) is 0 Å². The van der Waals surface area contributed by atoms with Crippen LogP contribution in [0.2, 0.25) is 0 Å². The number of hydrogen-bond acceptors (Lipinski definition) is 2. The molecule has 2 atom stereocenters. The van der Waals surface area contributed by atoms with Crippen LogP contribution in [0.15, 0.2) is 0 Å². The lowest BCUT2D eigenvalue weighted by Crippen LogP contribution is -2.20. The quantitative estimate of drug-likeness (QED) is 0.738. The van der Waals surface area contributed by atoms with Crippen LogP contribution in [0.5, 0.6) is 0 Å². The maximum Gasteiger partial charge on any atom is 0.0117 e. The van der Waals surface area contributed by atoms with E-state index in [-0.39, 0.29) is 0 Å². The third-order valence-electron chi connectivity index (χ3n) is 4.46. The Hall–Kier alpha value is -0.340. The van der Waals surface area contributed by atoms with Crippen molar-refractivity contribution in [3.63, 3.8) is 0 Å². The van der Waals surface area contributed by atoms with Crippen molar-refractivity contribution in [1.82, 2.24) is 5.32 Å². The van der Waals surface area contributed by atoms with Crippen molar-refractivity contribution in [2.75, 3.05) is 13.1 Å². The minimum atomic E-state index is 0.400. The van der Waals surface area contributed by atoms with Crippen molar-refractivity contribution < 1.29 is 0 Å². The average Bonchev–Trinajstić information content (AvgIpc) is 2.66. The highest BCUT2D eigenvalue weighted by Crippen LogP contribution is 2.53. The van der Waals surface area contributed by atoms with Crippen molar-refractivity contribution in [3.8, 4) is 0 Å². The standard InChI is InChI=1S/C15H23NS/c1-9-7-15(3,4)13-12-10(2)8-16-6-5-11(12)17-14(9)13/h9-10,16H,5-8H2,1-4H3. The van der Waals surface area contributed by atoms with Crippen LogP contribution in [0.1, 0.15) is 66.8 Å². The van der Waals surface area contributed by atoms with Gasteiger partial charge in [0.05, 0.1) is 0 Å². The smallest absolute Gasteiger partial charge is 0.0117 e. The summed E-state index contributed by atoms with van der Waals surface area (Å²) in [5, 5.41) is 3.57. The fourth-order valence-electron chi connectivity index (χ4n) is 3.85. The van der Waals surface area contributed by atoms with E-state index < -0.39 is 0 Å². The molecule has 1 aliphatic heterocycles. The number of nitrogens with one attached hydrogen (secondary N) is 1. The van der Waals surface area contributed by atoms with Crippen LogP contribution in [0.25, 0.3) is 0 Å². The lowest BCUT2D eigenvalue weighted by Gasteiger charge is -2.23. The monoisotopic (exact) mass is 249 g/mol. The Balaban J connectivity index is 2.19. The summed E-state index contributed by atoms with van der Waals surface area (Å²) >= 11 is 2.11. The van der Waals surface area contributed by atoms with Crippen molar-refractivity contribution in [2.45, 2.75) is 57.8 Å². The maximum atomic E-state index is 3.57. The molecular weight excluding hydrogens is 226 g/mol. The third-order valence-corrected chi connectivity index (χ3v) is 5.96. The van der Waals surface area contributed by atoms with E-state index in [1.165, 1.54) is 12.8 Å². The lowest BCUT2D eigenvalue weighted by atomic mass is 9.81. The van der Waals surface area contributed by atoms with E-state index in [4.69, 9.17) is 0 Å². The van der Waals surface area contributed by atoms with Crippen LogP contribution >= 0.6 is 11.3 Å². The average molecular weight is 249 g/mol. The molecule has 0 amide bonds. The summed E-state index contributed by atoms with van der Waals surface area (Å²) in [4.78, 5) is 3.38. The topological polar surface area (TPSA) is 12.0 Å². The maximum absolute atomic E-state index is 3.57. The normalized spacial score (nSPS) is 30.8. The van der Waals surface area contributed by atoms with Gasteiger partial charge in [0.25, 0.3) is 0 Å². The summed E-state index contributed by atoms with van der Waals surface area (Å²) in [5.74, 6) is 1.47. The molecule has 1 aromatic rings. The first-order valence-electron chi connectivity index (χ1n) is 6.87. The Morgan fingerprint density at radius 2 is 2.00 bits per heavy atom. The second-order valence-corrected chi connectivity index (χ2v) is 7.66. The Labute approximate surface area is 109 Å². The van der Waals surface area contributed by atoms with E-state index >= 15 is 0 Å². The molecule has 2 unspecified atom stereocenters. The molecule has 2 heteroatoms. The highest BCUT2D eigenvalue weighted by Gasteiger charge is 2.40. The molecule has 0 fully saturated rings. The van der Waals surface area contributed by atoms with Crippen LogP contribution in [-0.2, 0) is 11.8 Å². The van der Waals surface area contributed by atoms with Gasteiger partial charge < -0.3 is 5.32 Å². The van der Waals surface area contributed by atoms with Crippen molar-refractivity contribution in [3.05, 3.63) is 20.9 Å². The first kappa shape index (κ1) is 11.7. The van der Waals surface area contributed by atoms with Gasteiger partial charge in [0, 0.05) is 16.3 Å². The van der Waals surface area contributed by atoms with E-state index in [9.17, 15) is 0 Å².